The van der Waals surface area contributed by atoms with E-state index in [2.05, 4.69) is 21.8 Å². The number of carbonyl (C=O) groups excluding carboxylic acids is 2. The number of hydrogen-bond donors (Lipinski definition) is 2. The molecule has 4 rings (SSSR count). The number of aromatic nitrogens is 2. The lowest BCUT2D eigenvalue weighted by atomic mass is 9.97. The number of nitrogens with one attached hydrogen (secondary N) is 2. The quantitative estimate of drug-likeness (QED) is 0.890. The van der Waals surface area contributed by atoms with E-state index >= 15 is 0 Å². The highest BCUT2D eigenvalue weighted by Gasteiger charge is 2.28. The monoisotopic (exact) mass is 350 g/mol. The third-order valence-corrected chi connectivity index (χ3v) is 4.93. The van der Waals surface area contributed by atoms with Crippen molar-refractivity contribution in [3.8, 4) is 5.69 Å². The Hall–Kier alpha value is -2.89. The lowest BCUT2D eigenvalue weighted by Crippen LogP contribution is -2.24. The maximum atomic E-state index is 12.4. The number of carbonyl (C=O) groups is 2. The molecule has 2 aliphatic rings. The lowest BCUT2D eigenvalue weighted by Gasteiger charge is -2.14. The predicted octanol–water partition coefficient (Wildman–Crippen LogP) is 2.90. The van der Waals surface area contributed by atoms with Gasteiger partial charge in [-0.05, 0) is 43.4 Å². The molecule has 0 radical (unpaired) electrons. The second-order valence-corrected chi connectivity index (χ2v) is 6.83. The SMILES string of the molecule is O=C1C[C@@H](C(=O)Nc2cc(C3=CCCCC3)n(-c3ccccc3)n2)CN1. The summed E-state index contributed by atoms with van der Waals surface area (Å²) in [5, 5.41) is 10.2. The van der Waals surface area contributed by atoms with Crippen LogP contribution >= 0.6 is 0 Å². The van der Waals surface area contributed by atoms with Crippen LogP contribution in [0.15, 0.2) is 42.5 Å². The van der Waals surface area contributed by atoms with Gasteiger partial charge in [0.2, 0.25) is 11.8 Å². The van der Waals surface area contributed by atoms with Crippen LogP contribution in [0.1, 0.15) is 37.8 Å². The fourth-order valence-corrected chi connectivity index (χ4v) is 3.53. The van der Waals surface area contributed by atoms with Crippen LogP contribution in [0.2, 0.25) is 0 Å². The molecule has 1 aromatic heterocycles. The van der Waals surface area contributed by atoms with Crippen molar-refractivity contribution in [3.63, 3.8) is 0 Å². The Balaban J connectivity index is 1.64. The first-order valence-electron chi connectivity index (χ1n) is 9.13. The van der Waals surface area contributed by atoms with Crippen molar-refractivity contribution >= 4 is 23.2 Å². The first-order valence-corrected chi connectivity index (χ1v) is 9.13. The number of nitrogens with zero attached hydrogens (tertiary/aromatic N) is 2. The van der Waals surface area contributed by atoms with E-state index in [1.165, 1.54) is 18.4 Å². The number of anilines is 1. The van der Waals surface area contributed by atoms with E-state index in [1.807, 2.05) is 41.1 Å². The van der Waals surface area contributed by atoms with E-state index in [9.17, 15) is 9.59 Å². The molecular formula is C20H22N4O2. The zero-order valence-corrected chi connectivity index (χ0v) is 14.6. The van der Waals surface area contributed by atoms with Gasteiger partial charge in [-0.25, -0.2) is 4.68 Å². The van der Waals surface area contributed by atoms with Crippen LogP contribution in [0.25, 0.3) is 11.3 Å². The molecule has 0 unspecified atom stereocenters. The van der Waals surface area contributed by atoms with Crippen LogP contribution < -0.4 is 10.6 Å². The van der Waals surface area contributed by atoms with Crippen LogP contribution in [0.4, 0.5) is 5.82 Å². The summed E-state index contributed by atoms with van der Waals surface area (Å²) in [5.74, 6) is -0.0420. The van der Waals surface area contributed by atoms with E-state index < -0.39 is 0 Å². The normalized spacial score (nSPS) is 19.8. The van der Waals surface area contributed by atoms with Crippen molar-refractivity contribution in [1.29, 1.82) is 0 Å². The maximum absolute atomic E-state index is 12.4. The molecule has 1 aromatic carbocycles. The predicted molar refractivity (Wildman–Crippen MR) is 99.8 cm³/mol. The zero-order valence-electron chi connectivity index (χ0n) is 14.6. The molecule has 134 valence electrons. The first kappa shape index (κ1) is 16.6. The standard InChI is InChI=1S/C20H22N4O2/c25-19-11-15(13-21-19)20(26)22-18-12-17(14-7-3-1-4-8-14)24(23-18)16-9-5-2-6-10-16/h2,5-7,9-10,12,15H,1,3-4,8,11,13H2,(H,21,25)(H,22,23,26)/t15-/m1/s1. The Labute approximate surface area is 152 Å². The summed E-state index contributed by atoms with van der Waals surface area (Å²) < 4.78 is 1.89. The smallest absolute Gasteiger partial charge is 0.230 e. The minimum atomic E-state index is -0.332. The number of rotatable bonds is 4. The molecular weight excluding hydrogens is 328 g/mol. The Morgan fingerprint density at radius 1 is 1.23 bits per heavy atom. The van der Waals surface area contributed by atoms with E-state index in [4.69, 9.17) is 0 Å². The van der Waals surface area contributed by atoms with Gasteiger partial charge in [0, 0.05) is 19.0 Å². The van der Waals surface area contributed by atoms with Crippen molar-refractivity contribution < 1.29 is 9.59 Å². The Kier molecular flexibility index (Phi) is 4.56. The summed E-state index contributed by atoms with van der Waals surface area (Å²) in [5.41, 5.74) is 3.25. The molecule has 6 nitrogen and oxygen atoms in total. The van der Waals surface area contributed by atoms with Gasteiger partial charge in [0.15, 0.2) is 5.82 Å². The van der Waals surface area contributed by atoms with E-state index in [0.717, 1.165) is 24.2 Å². The van der Waals surface area contributed by atoms with Gasteiger partial charge in [0.25, 0.3) is 0 Å². The van der Waals surface area contributed by atoms with Crippen LogP contribution in [-0.2, 0) is 9.59 Å². The zero-order chi connectivity index (χ0) is 17.9. The second-order valence-electron chi connectivity index (χ2n) is 6.83. The molecule has 0 spiro atoms. The second kappa shape index (κ2) is 7.15. The van der Waals surface area contributed by atoms with Crippen LogP contribution in [0.3, 0.4) is 0 Å². The molecule has 1 aliphatic heterocycles. The third kappa shape index (κ3) is 3.40. The molecule has 1 aliphatic carbocycles. The lowest BCUT2D eigenvalue weighted by molar-refractivity contribution is -0.123. The molecule has 1 saturated heterocycles. The number of benzene rings is 1. The molecule has 26 heavy (non-hydrogen) atoms. The molecule has 0 saturated carbocycles. The summed E-state index contributed by atoms with van der Waals surface area (Å²) in [7, 11) is 0. The molecule has 2 amide bonds. The number of hydrogen-bond acceptors (Lipinski definition) is 3. The molecule has 1 fully saturated rings. The van der Waals surface area contributed by atoms with Gasteiger partial charge in [0.05, 0.1) is 17.3 Å². The Morgan fingerprint density at radius 2 is 2.08 bits per heavy atom. The maximum Gasteiger partial charge on any atom is 0.230 e. The van der Waals surface area contributed by atoms with Crippen LogP contribution in [-0.4, -0.2) is 28.1 Å². The fraction of sp³-hybridized carbons (Fsp3) is 0.350. The van der Waals surface area contributed by atoms with Crippen LogP contribution in [0, 0.1) is 5.92 Å². The Bertz CT molecular complexity index is 854. The number of para-hydroxylation sites is 1. The van der Waals surface area contributed by atoms with E-state index in [1.54, 1.807) is 0 Å². The summed E-state index contributed by atoms with van der Waals surface area (Å²) in [6.07, 6.45) is 6.99. The average molecular weight is 350 g/mol. The third-order valence-electron chi connectivity index (χ3n) is 4.93. The van der Waals surface area contributed by atoms with Crippen molar-refractivity contribution in [2.24, 2.45) is 5.92 Å². The summed E-state index contributed by atoms with van der Waals surface area (Å²) in [4.78, 5) is 23.8. The van der Waals surface area contributed by atoms with Gasteiger partial charge in [-0.2, -0.15) is 0 Å². The molecule has 2 aromatic rings. The van der Waals surface area contributed by atoms with Gasteiger partial charge in [-0.3, -0.25) is 9.59 Å². The Morgan fingerprint density at radius 3 is 2.77 bits per heavy atom. The van der Waals surface area contributed by atoms with Crippen LogP contribution in [0.5, 0.6) is 0 Å². The highest BCUT2D eigenvalue weighted by Crippen LogP contribution is 2.30. The van der Waals surface area contributed by atoms with Gasteiger partial charge in [-0.1, -0.05) is 24.3 Å². The van der Waals surface area contributed by atoms with Crippen molar-refractivity contribution in [3.05, 3.63) is 48.2 Å². The first-order chi connectivity index (χ1) is 12.7. The highest BCUT2D eigenvalue weighted by molar-refractivity contribution is 5.96. The van der Waals surface area contributed by atoms with Gasteiger partial charge in [-0.15, -0.1) is 5.10 Å². The van der Waals surface area contributed by atoms with Gasteiger partial charge < -0.3 is 10.6 Å². The minimum Gasteiger partial charge on any atom is -0.355 e. The number of amides is 2. The average Bonchev–Trinajstić information content (AvgIpc) is 3.30. The topological polar surface area (TPSA) is 76.0 Å². The number of allylic oxidation sites excluding steroid dienone is 2. The minimum absolute atomic E-state index is 0.0759. The molecule has 0 bridgehead atoms. The van der Waals surface area contributed by atoms with Crippen molar-refractivity contribution in [2.45, 2.75) is 32.1 Å². The van der Waals surface area contributed by atoms with Crippen molar-refractivity contribution in [1.82, 2.24) is 15.1 Å². The molecule has 2 heterocycles. The van der Waals surface area contributed by atoms with E-state index in [-0.39, 0.29) is 24.2 Å². The summed E-state index contributed by atoms with van der Waals surface area (Å²) in [6.45, 7) is 0.391. The van der Waals surface area contributed by atoms with E-state index in [0.29, 0.717) is 12.4 Å². The summed E-state index contributed by atoms with van der Waals surface area (Å²) >= 11 is 0. The van der Waals surface area contributed by atoms with Gasteiger partial charge >= 0.3 is 0 Å². The highest BCUT2D eigenvalue weighted by atomic mass is 16.2. The molecule has 2 N–H and O–H groups in total. The fourth-order valence-electron chi connectivity index (χ4n) is 3.53. The van der Waals surface area contributed by atoms with Crippen molar-refractivity contribution in [2.75, 3.05) is 11.9 Å². The molecule has 1 atom stereocenters. The summed E-state index contributed by atoms with van der Waals surface area (Å²) in [6, 6.07) is 11.9. The largest absolute Gasteiger partial charge is 0.355 e. The van der Waals surface area contributed by atoms with Gasteiger partial charge in [0.1, 0.15) is 0 Å². The molecule has 6 heteroatoms.